The summed E-state index contributed by atoms with van der Waals surface area (Å²) in [5.74, 6) is -0.350. The van der Waals surface area contributed by atoms with Gasteiger partial charge in [0.1, 0.15) is 5.75 Å². The van der Waals surface area contributed by atoms with Gasteiger partial charge >= 0.3 is 6.16 Å². The SMILES string of the molecule is C/C=C(/c1ccc2cnc(NC(=O)c3ccc(OC(O)(O)O)cc3)nc2c1)N(C)/C=C/CC. The fourth-order valence-electron chi connectivity index (χ4n) is 3.17. The first-order valence-electron chi connectivity index (χ1n) is 10.3. The summed E-state index contributed by atoms with van der Waals surface area (Å²) in [4.78, 5) is 23.3. The van der Waals surface area contributed by atoms with E-state index in [1.165, 1.54) is 24.3 Å². The van der Waals surface area contributed by atoms with Gasteiger partial charge in [-0.3, -0.25) is 10.1 Å². The van der Waals surface area contributed by atoms with Crippen LogP contribution in [0.2, 0.25) is 0 Å². The first-order chi connectivity index (χ1) is 15.7. The first-order valence-corrected chi connectivity index (χ1v) is 10.3. The quantitative estimate of drug-likeness (QED) is 0.386. The molecule has 4 N–H and O–H groups in total. The van der Waals surface area contributed by atoms with Crippen LogP contribution in [-0.4, -0.2) is 49.3 Å². The number of ether oxygens (including phenoxy) is 1. The van der Waals surface area contributed by atoms with Gasteiger partial charge in [-0.05, 0) is 55.4 Å². The van der Waals surface area contributed by atoms with E-state index in [1.807, 2.05) is 49.3 Å². The van der Waals surface area contributed by atoms with Crippen molar-refractivity contribution in [2.24, 2.45) is 0 Å². The summed E-state index contributed by atoms with van der Waals surface area (Å²) in [5.41, 5.74) is 2.94. The topological polar surface area (TPSA) is 128 Å². The molecule has 0 radical (unpaired) electrons. The molecular weight excluding hydrogens is 424 g/mol. The highest BCUT2D eigenvalue weighted by Gasteiger charge is 2.21. The van der Waals surface area contributed by atoms with Gasteiger partial charge in [-0.2, -0.15) is 0 Å². The summed E-state index contributed by atoms with van der Waals surface area (Å²) >= 11 is 0. The molecule has 0 unspecified atom stereocenters. The lowest BCUT2D eigenvalue weighted by atomic mass is 10.1. The number of carbonyl (C=O) groups excluding carboxylic acids is 1. The molecule has 2 aromatic carbocycles. The Morgan fingerprint density at radius 1 is 1.15 bits per heavy atom. The van der Waals surface area contributed by atoms with Crippen molar-refractivity contribution < 1.29 is 24.9 Å². The van der Waals surface area contributed by atoms with E-state index in [0.717, 1.165) is 23.1 Å². The molecule has 9 heteroatoms. The van der Waals surface area contributed by atoms with E-state index < -0.39 is 12.1 Å². The number of allylic oxidation sites excluding steroid dienone is 2. The molecule has 3 aromatic rings. The molecule has 3 rings (SSSR count). The second kappa shape index (κ2) is 10.2. The molecule has 0 saturated heterocycles. The maximum Gasteiger partial charge on any atom is 0.453 e. The van der Waals surface area contributed by atoms with Crippen LogP contribution in [0, 0.1) is 0 Å². The zero-order valence-corrected chi connectivity index (χ0v) is 18.6. The van der Waals surface area contributed by atoms with Crippen LogP contribution >= 0.6 is 0 Å². The van der Waals surface area contributed by atoms with Crippen molar-refractivity contribution >= 4 is 28.5 Å². The number of rotatable bonds is 8. The third kappa shape index (κ3) is 6.36. The number of aromatic nitrogens is 2. The Morgan fingerprint density at radius 3 is 2.48 bits per heavy atom. The Hall–Kier alpha value is -3.79. The Balaban J connectivity index is 1.80. The maximum absolute atomic E-state index is 12.6. The standard InChI is InChI=1S/C24H26N4O5/c1-4-6-13-28(3)21(5-2)17-7-8-18-15-25-23(26-20(18)14-17)27-22(29)16-9-11-19(12-10-16)33-24(30,31)32/h5-15,30-32H,4H2,1-3H3,(H,25,26,27,29)/b13-6+,21-5-. The van der Waals surface area contributed by atoms with Crippen LogP contribution in [-0.2, 0) is 0 Å². The van der Waals surface area contributed by atoms with Crippen LogP contribution in [0.4, 0.5) is 5.95 Å². The van der Waals surface area contributed by atoms with Crippen LogP contribution in [0.3, 0.4) is 0 Å². The number of carbonyl (C=O) groups is 1. The number of hydrogen-bond donors (Lipinski definition) is 4. The summed E-state index contributed by atoms with van der Waals surface area (Å²) < 4.78 is 4.48. The van der Waals surface area contributed by atoms with Gasteiger partial charge in [-0.1, -0.05) is 31.2 Å². The number of aliphatic hydroxyl groups is 3. The van der Waals surface area contributed by atoms with Gasteiger partial charge in [0.15, 0.2) is 0 Å². The minimum Gasteiger partial charge on any atom is -0.417 e. The Labute approximate surface area is 191 Å². The van der Waals surface area contributed by atoms with E-state index in [4.69, 9.17) is 15.3 Å². The zero-order chi connectivity index (χ0) is 24.0. The number of hydrogen-bond acceptors (Lipinski definition) is 8. The average Bonchev–Trinajstić information content (AvgIpc) is 2.77. The Kier molecular flexibility index (Phi) is 7.39. The van der Waals surface area contributed by atoms with Gasteiger partial charge in [0.2, 0.25) is 5.95 Å². The van der Waals surface area contributed by atoms with Crippen molar-refractivity contribution in [3.8, 4) is 5.75 Å². The van der Waals surface area contributed by atoms with E-state index in [2.05, 4.69) is 33.0 Å². The molecule has 0 spiro atoms. The van der Waals surface area contributed by atoms with Gasteiger partial charge in [0, 0.05) is 29.9 Å². The fourth-order valence-corrected chi connectivity index (χ4v) is 3.17. The lowest BCUT2D eigenvalue weighted by Crippen LogP contribution is -2.34. The molecule has 1 amide bonds. The van der Waals surface area contributed by atoms with Crippen molar-refractivity contribution in [3.05, 3.63) is 78.1 Å². The highest BCUT2D eigenvalue weighted by molar-refractivity contribution is 6.03. The summed E-state index contributed by atoms with van der Waals surface area (Å²) in [6, 6.07) is 11.3. The van der Waals surface area contributed by atoms with Gasteiger partial charge in [-0.15, -0.1) is 0 Å². The van der Waals surface area contributed by atoms with E-state index in [0.29, 0.717) is 5.52 Å². The minimum atomic E-state index is -3.30. The Bertz CT molecular complexity index is 1180. The van der Waals surface area contributed by atoms with Crippen LogP contribution in [0.15, 0.2) is 67.0 Å². The summed E-state index contributed by atoms with van der Waals surface area (Å²) in [5, 5.41) is 30.0. The van der Waals surface area contributed by atoms with Crippen molar-refractivity contribution in [3.63, 3.8) is 0 Å². The highest BCUT2D eigenvalue weighted by atomic mass is 16.9. The number of amides is 1. The summed E-state index contributed by atoms with van der Waals surface area (Å²) in [6.45, 7) is 4.05. The normalized spacial score (nSPS) is 12.2. The van der Waals surface area contributed by atoms with Crippen molar-refractivity contribution in [2.45, 2.75) is 26.4 Å². The molecule has 1 heterocycles. The molecule has 0 bridgehead atoms. The van der Waals surface area contributed by atoms with E-state index >= 15 is 0 Å². The zero-order valence-electron chi connectivity index (χ0n) is 18.6. The van der Waals surface area contributed by atoms with Gasteiger partial charge in [0.25, 0.3) is 5.91 Å². The first kappa shape index (κ1) is 23.9. The van der Waals surface area contributed by atoms with Crippen LogP contribution < -0.4 is 10.1 Å². The Morgan fingerprint density at radius 2 is 1.85 bits per heavy atom. The lowest BCUT2D eigenvalue weighted by Gasteiger charge is -2.19. The van der Waals surface area contributed by atoms with Crippen LogP contribution in [0.5, 0.6) is 5.75 Å². The van der Waals surface area contributed by atoms with Gasteiger partial charge < -0.3 is 25.0 Å². The number of fused-ring (bicyclic) bond motifs is 1. The van der Waals surface area contributed by atoms with Gasteiger partial charge in [-0.25, -0.2) is 9.97 Å². The smallest absolute Gasteiger partial charge is 0.417 e. The average molecular weight is 450 g/mol. The maximum atomic E-state index is 12.6. The predicted octanol–water partition coefficient (Wildman–Crippen LogP) is 3.07. The van der Waals surface area contributed by atoms with Crippen molar-refractivity contribution in [2.75, 3.05) is 12.4 Å². The molecule has 0 aliphatic heterocycles. The third-order valence-corrected chi connectivity index (χ3v) is 4.69. The number of nitrogens with one attached hydrogen (secondary N) is 1. The molecule has 0 saturated carbocycles. The molecule has 0 aliphatic rings. The number of benzene rings is 2. The molecular formula is C24H26N4O5. The predicted molar refractivity (Wildman–Crippen MR) is 125 cm³/mol. The number of anilines is 1. The molecule has 0 atom stereocenters. The van der Waals surface area contributed by atoms with Crippen LogP contribution in [0.1, 0.15) is 36.2 Å². The molecule has 0 aliphatic carbocycles. The second-order valence-corrected chi connectivity index (χ2v) is 7.20. The third-order valence-electron chi connectivity index (χ3n) is 4.69. The molecule has 1 aromatic heterocycles. The molecule has 172 valence electrons. The minimum absolute atomic E-state index is 0.0351. The lowest BCUT2D eigenvalue weighted by molar-refractivity contribution is -0.419. The summed E-state index contributed by atoms with van der Waals surface area (Å²) in [7, 11) is 1.98. The molecule has 33 heavy (non-hydrogen) atoms. The second-order valence-electron chi connectivity index (χ2n) is 7.20. The largest absolute Gasteiger partial charge is 0.453 e. The highest BCUT2D eigenvalue weighted by Crippen LogP contribution is 2.23. The van der Waals surface area contributed by atoms with Crippen LogP contribution in [0.25, 0.3) is 16.6 Å². The van der Waals surface area contributed by atoms with Crippen molar-refractivity contribution in [1.29, 1.82) is 0 Å². The van der Waals surface area contributed by atoms with E-state index in [9.17, 15) is 4.79 Å². The summed E-state index contributed by atoms with van der Waals surface area (Å²) in [6.07, 6.45) is 5.40. The molecule has 0 fully saturated rings. The van der Waals surface area contributed by atoms with E-state index in [-0.39, 0.29) is 17.3 Å². The van der Waals surface area contributed by atoms with Crippen molar-refractivity contribution in [1.82, 2.24) is 14.9 Å². The monoisotopic (exact) mass is 450 g/mol. The molecule has 9 nitrogen and oxygen atoms in total. The fraction of sp³-hybridized carbons (Fsp3) is 0.208. The van der Waals surface area contributed by atoms with E-state index in [1.54, 1.807) is 6.20 Å². The van der Waals surface area contributed by atoms with Gasteiger partial charge in [0.05, 0.1) is 5.52 Å². The number of nitrogens with zero attached hydrogens (tertiary/aromatic N) is 3.